The number of anilines is 2. The van der Waals surface area contributed by atoms with E-state index in [0.717, 1.165) is 0 Å². The van der Waals surface area contributed by atoms with E-state index in [0.29, 0.717) is 5.69 Å². The van der Waals surface area contributed by atoms with Crippen molar-refractivity contribution < 1.29 is 14.2 Å². The van der Waals surface area contributed by atoms with E-state index in [1.54, 1.807) is 7.05 Å². The van der Waals surface area contributed by atoms with Crippen LogP contribution in [0.2, 0.25) is 0 Å². The fourth-order valence-electron chi connectivity index (χ4n) is 1.50. The number of nitrogens with zero attached hydrogens (tertiary/aromatic N) is 2. The topological polar surface area (TPSA) is 110 Å². The fourth-order valence-corrected chi connectivity index (χ4v) is 1.50. The van der Waals surface area contributed by atoms with Crippen molar-refractivity contribution in [2.45, 2.75) is 0 Å². The normalized spacial score (nSPS) is 9.95. The van der Waals surface area contributed by atoms with E-state index in [1.165, 1.54) is 30.5 Å². The minimum Gasteiger partial charge on any atom is -0.383 e. The van der Waals surface area contributed by atoms with Crippen LogP contribution in [-0.4, -0.2) is 23.0 Å². The Hall–Kier alpha value is -2.90. The zero-order valence-corrected chi connectivity index (χ0v) is 9.91. The van der Waals surface area contributed by atoms with Crippen LogP contribution in [0.1, 0.15) is 10.4 Å². The Labute approximate surface area is 107 Å². The van der Waals surface area contributed by atoms with Gasteiger partial charge in [-0.05, 0) is 12.1 Å². The van der Waals surface area contributed by atoms with Gasteiger partial charge in [0.15, 0.2) is 5.82 Å². The smallest absolute Gasteiger partial charge is 0.293 e. The number of nitrogens with one attached hydrogen (secondary N) is 2. The second-order valence-electron chi connectivity index (χ2n) is 3.58. The molecule has 2 aromatic rings. The Kier molecular flexibility index (Phi) is 3.42. The second-order valence-corrected chi connectivity index (χ2v) is 3.58. The van der Waals surface area contributed by atoms with Crippen molar-refractivity contribution in [2.24, 2.45) is 0 Å². The zero-order valence-electron chi connectivity index (χ0n) is 9.91. The average Bonchev–Trinajstić information content (AvgIpc) is 2.90. The van der Waals surface area contributed by atoms with Crippen molar-refractivity contribution in [1.82, 2.24) is 5.16 Å². The van der Waals surface area contributed by atoms with Crippen LogP contribution in [0.3, 0.4) is 0 Å². The fraction of sp³-hybridized carbons (Fsp3) is 0.0909. The van der Waals surface area contributed by atoms with Gasteiger partial charge in [0, 0.05) is 24.7 Å². The van der Waals surface area contributed by atoms with Crippen molar-refractivity contribution in [2.75, 3.05) is 17.7 Å². The summed E-state index contributed by atoms with van der Waals surface area (Å²) in [4.78, 5) is 22.2. The van der Waals surface area contributed by atoms with E-state index in [4.69, 9.17) is 0 Å². The number of nitro groups is 1. The minimum absolute atomic E-state index is 0.161. The molecule has 0 radical (unpaired) electrons. The van der Waals surface area contributed by atoms with Gasteiger partial charge in [-0.1, -0.05) is 5.16 Å². The number of benzene rings is 1. The summed E-state index contributed by atoms with van der Waals surface area (Å²) in [5.41, 5.74) is 0.326. The van der Waals surface area contributed by atoms with Crippen molar-refractivity contribution in [3.05, 3.63) is 46.2 Å². The molecule has 8 nitrogen and oxygen atoms in total. The molecular weight excluding hydrogens is 252 g/mol. The number of hydrogen-bond donors (Lipinski definition) is 2. The number of carbonyl (C=O) groups excluding carboxylic acids is 1. The first-order valence-electron chi connectivity index (χ1n) is 5.29. The maximum absolute atomic E-state index is 11.9. The molecule has 2 rings (SSSR count). The molecule has 1 aromatic heterocycles. The average molecular weight is 262 g/mol. The zero-order chi connectivity index (χ0) is 13.8. The van der Waals surface area contributed by atoms with Crippen LogP contribution in [0.25, 0.3) is 0 Å². The summed E-state index contributed by atoms with van der Waals surface area (Å²) in [7, 11) is 1.57. The molecule has 0 spiro atoms. The molecule has 1 amide bonds. The lowest BCUT2D eigenvalue weighted by molar-refractivity contribution is -0.384. The highest BCUT2D eigenvalue weighted by atomic mass is 16.6. The minimum atomic E-state index is -0.557. The van der Waals surface area contributed by atoms with Gasteiger partial charge < -0.3 is 15.2 Å². The highest BCUT2D eigenvalue weighted by Crippen LogP contribution is 2.25. The molecule has 98 valence electrons. The summed E-state index contributed by atoms with van der Waals surface area (Å²) < 4.78 is 4.57. The Morgan fingerprint density at radius 1 is 1.42 bits per heavy atom. The standard InChI is InChI=1S/C11H10N4O4/c1-12-8-3-2-7(6-9(8)15(17)18)11(16)13-10-4-5-19-14-10/h2-6,12H,1H3,(H,13,14,16). The van der Waals surface area contributed by atoms with Gasteiger partial charge >= 0.3 is 0 Å². The van der Waals surface area contributed by atoms with Gasteiger partial charge in [-0.15, -0.1) is 0 Å². The van der Waals surface area contributed by atoms with E-state index in [2.05, 4.69) is 20.3 Å². The molecule has 0 fully saturated rings. The van der Waals surface area contributed by atoms with Crippen LogP contribution < -0.4 is 10.6 Å². The van der Waals surface area contributed by atoms with Gasteiger partial charge in [0.2, 0.25) is 0 Å². The Bertz CT molecular complexity index is 609. The van der Waals surface area contributed by atoms with Gasteiger partial charge in [0.05, 0.1) is 4.92 Å². The van der Waals surface area contributed by atoms with Crippen molar-refractivity contribution in [1.29, 1.82) is 0 Å². The summed E-state index contributed by atoms with van der Waals surface area (Å²) in [6, 6.07) is 5.61. The van der Waals surface area contributed by atoms with E-state index in [1.807, 2.05) is 0 Å². The number of rotatable bonds is 4. The van der Waals surface area contributed by atoms with Gasteiger partial charge in [0.25, 0.3) is 11.6 Å². The molecule has 0 bridgehead atoms. The molecule has 1 heterocycles. The predicted molar refractivity (Wildman–Crippen MR) is 67.1 cm³/mol. The van der Waals surface area contributed by atoms with Gasteiger partial charge in [0.1, 0.15) is 12.0 Å². The molecule has 1 aromatic carbocycles. The third-order valence-corrected chi connectivity index (χ3v) is 2.41. The lowest BCUT2D eigenvalue weighted by Gasteiger charge is -2.05. The van der Waals surface area contributed by atoms with E-state index in [-0.39, 0.29) is 17.1 Å². The summed E-state index contributed by atoms with van der Waals surface area (Å²) in [5, 5.41) is 19.5. The Morgan fingerprint density at radius 3 is 2.79 bits per heavy atom. The summed E-state index contributed by atoms with van der Waals surface area (Å²) in [6.45, 7) is 0. The van der Waals surface area contributed by atoms with Crippen LogP contribution in [0.5, 0.6) is 0 Å². The number of carbonyl (C=O) groups is 1. The molecule has 0 aliphatic carbocycles. The molecular formula is C11H10N4O4. The quantitative estimate of drug-likeness (QED) is 0.642. The molecule has 8 heteroatoms. The van der Waals surface area contributed by atoms with Crippen molar-refractivity contribution in [3.63, 3.8) is 0 Å². The molecule has 0 unspecified atom stereocenters. The second kappa shape index (κ2) is 5.17. The van der Waals surface area contributed by atoms with E-state index in [9.17, 15) is 14.9 Å². The van der Waals surface area contributed by atoms with Crippen LogP contribution in [-0.2, 0) is 0 Å². The SMILES string of the molecule is CNc1ccc(C(=O)Nc2ccon2)cc1[N+](=O)[O-]. The first kappa shape index (κ1) is 12.6. The van der Waals surface area contributed by atoms with Crippen molar-refractivity contribution >= 4 is 23.1 Å². The first-order chi connectivity index (χ1) is 9.11. The summed E-state index contributed by atoms with van der Waals surface area (Å²) in [5.74, 6) is -0.259. The van der Waals surface area contributed by atoms with Crippen LogP contribution in [0.4, 0.5) is 17.2 Å². The molecule has 0 saturated heterocycles. The van der Waals surface area contributed by atoms with Crippen LogP contribution >= 0.6 is 0 Å². The van der Waals surface area contributed by atoms with Gasteiger partial charge in [-0.2, -0.15) is 0 Å². The maximum atomic E-state index is 11.9. The third-order valence-electron chi connectivity index (χ3n) is 2.41. The summed E-state index contributed by atoms with van der Waals surface area (Å²) in [6.07, 6.45) is 1.31. The Balaban J connectivity index is 2.27. The third kappa shape index (κ3) is 2.68. The van der Waals surface area contributed by atoms with E-state index >= 15 is 0 Å². The predicted octanol–water partition coefficient (Wildman–Crippen LogP) is 1.88. The lowest BCUT2D eigenvalue weighted by atomic mass is 10.1. The molecule has 19 heavy (non-hydrogen) atoms. The highest BCUT2D eigenvalue weighted by molar-refractivity contribution is 6.04. The number of aromatic nitrogens is 1. The largest absolute Gasteiger partial charge is 0.383 e. The first-order valence-corrected chi connectivity index (χ1v) is 5.29. The monoisotopic (exact) mass is 262 g/mol. The molecule has 0 saturated carbocycles. The lowest BCUT2D eigenvalue weighted by Crippen LogP contribution is -2.12. The Morgan fingerprint density at radius 2 is 2.21 bits per heavy atom. The van der Waals surface area contributed by atoms with Crippen LogP contribution in [0.15, 0.2) is 35.1 Å². The number of hydrogen-bond acceptors (Lipinski definition) is 6. The van der Waals surface area contributed by atoms with Crippen molar-refractivity contribution in [3.8, 4) is 0 Å². The van der Waals surface area contributed by atoms with Gasteiger partial charge in [-0.25, -0.2) is 0 Å². The van der Waals surface area contributed by atoms with Gasteiger partial charge in [-0.3, -0.25) is 14.9 Å². The number of nitro benzene ring substituents is 1. The summed E-state index contributed by atoms with van der Waals surface area (Å²) >= 11 is 0. The number of amides is 1. The molecule has 2 N–H and O–H groups in total. The van der Waals surface area contributed by atoms with E-state index < -0.39 is 10.8 Å². The maximum Gasteiger partial charge on any atom is 0.293 e. The molecule has 0 aliphatic heterocycles. The molecule has 0 aliphatic rings. The molecule has 0 atom stereocenters. The highest BCUT2D eigenvalue weighted by Gasteiger charge is 2.17. The van der Waals surface area contributed by atoms with Crippen LogP contribution in [0, 0.1) is 10.1 Å².